The number of amidine groups is 1. The van der Waals surface area contributed by atoms with Crippen LogP contribution in [0.15, 0.2) is 46.1 Å². The van der Waals surface area contributed by atoms with E-state index in [1.807, 2.05) is 0 Å². The van der Waals surface area contributed by atoms with Crippen molar-refractivity contribution in [2.75, 3.05) is 13.7 Å². The van der Waals surface area contributed by atoms with Crippen LogP contribution < -0.4 is 15.8 Å². The number of H-pyrrole nitrogens is 1. The van der Waals surface area contributed by atoms with Crippen LogP contribution in [0.5, 0.6) is 11.5 Å². The minimum atomic E-state index is 0.0993. The Morgan fingerprint density at radius 3 is 3.00 bits per heavy atom. The molecule has 23 heavy (non-hydrogen) atoms. The van der Waals surface area contributed by atoms with Gasteiger partial charge in [-0.15, -0.1) is 0 Å². The molecule has 0 saturated carbocycles. The van der Waals surface area contributed by atoms with Crippen LogP contribution in [0.25, 0.3) is 11.3 Å². The molecular weight excluding hydrogens is 296 g/mol. The van der Waals surface area contributed by atoms with Gasteiger partial charge >= 0.3 is 0 Å². The quantitative estimate of drug-likeness (QED) is 0.680. The summed E-state index contributed by atoms with van der Waals surface area (Å²) in [6.07, 6.45) is 3.04. The predicted molar refractivity (Wildman–Crippen MR) is 88.1 cm³/mol. The van der Waals surface area contributed by atoms with Crippen LogP contribution in [-0.2, 0) is 0 Å². The Balaban J connectivity index is 1.90. The molecule has 0 radical (unpaired) electrons. The summed E-state index contributed by atoms with van der Waals surface area (Å²) in [5, 5.41) is 20.1. The fraction of sp³-hybridized carbons (Fsp3) is 0.133. The number of nitrogens with two attached hydrogens (primary N) is 1. The van der Waals surface area contributed by atoms with Crippen molar-refractivity contribution < 1.29 is 9.84 Å². The average Bonchev–Trinajstić information content (AvgIpc) is 3.03. The first kappa shape index (κ1) is 14.6. The zero-order valence-electron chi connectivity index (χ0n) is 12.4. The number of hydrogen-bond donors (Lipinski definition) is 4. The lowest BCUT2D eigenvalue weighted by Gasteiger charge is -2.10. The number of nitrogens with zero attached hydrogens (tertiary/aromatic N) is 3. The third-order valence-corrected chi connectivity index (χ3v) is 3.28. The highest BCUT2D eigenvalue weighted by Crippen LogP contribution is 2.37. The van der Waals surface area contributed by atoms with Crippen LogP contribution in [0.3, 0.4) is 0 Å². The monoisotopic (exact) mass is 312 g/mol. The minimum Gasteiger partial charge on any atom is -0.507 e. The molecule has 1 aromatic heterocycles. The van der Waals surface area contributed by atoms with Crippen molar-refractivity contribution in [1.82, 2.24) is 15.5 Å². The second kappa shape index (κ2) is 6.22. The molecule has 0 spiro atoms. The molecule has 8 nitrogen and oxygen atoms in total. The van der Waals surface area contributed by atoms with Gasteiger partial charge in [-0.25, -0.2) is 9.98 Å². The van der Waals surface area contributed by atoms with Gasteiger partial charge < -0.3 is 20.9 Å². The summed E-state index contributed by atoms with van der Waals surface area (Å²) in [4.78, 5) is 8.54. The molecule has 0 atom stereocenters. The van der Waals surface area contributed by atoms with E-state index in [0.29, 0.717) is 35.2 Å². The second-order valence-electron chi connectivity index (χ2n) is 4.76. The molecule has 0 amide bonds. The van der Waals surface area contributed by atoms with Crippen LogP contribution in [0.1, 0.15) is 0 Å². The molecule has 1 aliphatic heterocycles. The Hall–Kier alpha value is -3.29. The fourth-order valence-corrected chi connectivity index (χ4v) is 2.18. The number of phenols is 1. The summed E-state index contributed by atoms with van der Waals surface area (Å²) < 4.78 is 5.27. The van der Waals surface area contributed by atoms with E-state index >= 15 is 0 Å². The van der Waals surface area contributed by atoms with Crippen molar-refractivity contribution in [3.05, 3.63) is 36.2 Å². The average molecular weight is 312 g/mol. The highest BCUT2D eigenvalue weighted by atomic mass is 16.5. The number of ether oxygens (including phenoxy) is 1. The Morgan fingerprint density at radius 1 is 1.43 bits per heavy atom. The molecule has 0 bridgehead atoms. The molecule has 5 N–H and O–H groups in total. The van der Waals surface area contributed by atoms with Crippen molar-refractivity contribution in [2.24, 2.45) is 15.7 Å². The summed E-state index contributed by atoms with van der Waals surface area (Å²) in [7, 11) is 1.54. The Labute approximate surface area is 132 Å². The fourth-order valence-electron chi connectivity index (χ4n) is 2.18. The number of benzene rings is 1. The Bertz CT molecular complexity index is 806. The summed E-state index contributed by atoms with van der Waals surface area (Å²) in [5.41, 5.74) is 7.28. The number of nitrogens with one attached hydrogen (secondary N) is 2. The van der Waals surface area contributed by atoms with Gasteiger partial charge in [0.25, 0.3) is 0 Å². The van der Waals surface area contributed by atoms with Crippen molar-refractivity contribution in [2.45, 2.75) is 0 Å². The van der Waals surface area contributed by atoms with E-state index in [-0.39, 0.29) is 5.75 Å². The maximum absolute atomic E-state index is 10.0. The van der Waals surface area contributed by atoms with E-state index in [1.165, 1.54) is 6.20 Å². The van der Waals surface area contributed by atoms with Crippen LogP contribution >= 0.6 is 0 Å². The lowest BCUT2D eigenvalue weighted by atomic mass is 10.1. The van der Waals surface area contributed by atoms with Gasteiger partial charge in [0.1, 0.15) is 17.3 Å². The number of methoxy groups -OCH3 is 1. The number of aromatic hydroxyl groups is 1. The van der Waals surface area contributed by atoms with Crippen LogP contribution in [0.2, 0.25) is 0 Å². The van der Waals surface area contributed by atoms with Crippen LogP contribution in [0, 0.1) is 0 Å². The Morgan fingerprint density at radius 2 is 2.30 bits per heavy atom. The number of aliphatic imine (C=N–C) groups is 2. The molecule has 3 rings (SSSR count). The molecule has 8 heteroatoms. The lowest BCUT2D eigenvalue weighted by Crippen LogP contribution is -2.27. The van der Waals surface area contributed by atoms with E-state index in [9.17, 15) is 5.11 Å². The third kappa shape index (κ3) is 3.00. The number of aromatic nitrogens is 2. The van der Waals surface area contributed by atoms with Gasteiger partial charge in [0.05, 0.1) is 36.8 Å². The van der Waals surface area contributed by atoms with Crippen LogP contribution in [-0.4, -0.2) is 41.0 Å². The van der Waals surface area contributed by atoms with Gasteiger partial charge in [0.15, 0.2) is 5.82 Å². The van der Waals surface area contributed by atoms with E-state index in [2.05, 4.69) is 25.5 Å². The Kier molecular flexibility index (Phi) is 3.96. The second-order valence-corrected chi connectivity index (χ2v) is 4.76. The first-order valence-electron chi connectivity index (χ1n) is 6.90. The van der Waals surface area contributed by atoms with E-state index in [0.717, 1.165) is 5.70 Å². The SMILES string of the molecule is COc1cccc(O)c1-c1cc(N=C2CNC(=CN)C=N2)n[nH]1. The topological polar surface area (TPSA) is 121 Å². The molecule has 118 valence electrons. The smallest absolute Gasteiger partial charge is 0.176 e. The largest absolute Gasteiger partial charge is 0.507 e. The van der Waals surface area contributed by atoms with Gasteiger partial charge in [-0.3, -0.25) is 5.10 Å². The first-order valence-corrected chi connectivity index (χ1v) is 6.90. The van der Waals surface area contributed by atoms with Gasteiger partial charge in [-0.2, -0.15) is 5.10 Å². The molecular formula is C15H16N6O2. The van der Waals surface area contributed by atoms with Gasteiger partial charge in [-0.1, -0.05) is 6.07 Å². The predicted octanol–water partition coefficient (Wildman–Crippen LogP) is 1.29. The molecule has 1 aromatic carbocycles. The van der Waals surface area contributed by atoms with Crippen LogP contribution in [0.4, 0.5) is 5.82 Å². The van der Waals surface area contributed by atoms with Gasteiger partial charge in [0, 0.05) is 12.3 Å². The highest BCUT2D eigenvalue weighted by Gasteiger charge is 2.14. The summed E-state index contributed by atoms with van der Waals surface area (Å²) in [6, 6.07) is 6.77. The lowest BCUT2D eigenvalue weighted by molar-refractivity contribution is 0.410. The maximum atomic E-state index is 10.0. The van der Waals surface area contributed by atoms with Gasteiger partial charge in [0.2, 0.25) is 0 Å². The molecule has 1 aliphatic rings. The van der Waals surface area contributed by atoms with Crippen molar-refractivity contribution in [3.63, 3.8) is 0 Å². The van der Waals surface area contributed by atoms with E-state index in [1.54, 1.807) is 37.6 Å². The highest BCUT2D eigenvalue weighted by molar-refractivity contribution is 5.99. The molecule has 0 aliphatic carbocycles. The minimum absolute atomic E-state index is 0.0993. The van der Waals surface area contributed by atoms with Crippen molar-refractivity contribution in [3.8, 4) is 22.8 Å². The van der Waals surface area contributed by atoms with E-state index < -0.39 is 0 Å². The summed E-state index contributed by atoms with van der Waals surface area (Å²) in [5.74, 6) is 1.68. The number of hydrogen-bond acceptors (Lipinski definition) is 6. The third-order valence-electron chi connectivity index (χ3n) is 3.28. The zero-order valence-corrected chi connectivity index (χ0v) is 12.4. The van der Waals surface area contributed by atoms with Crippen molar-refractivity contribution in [1.29, 1.82) is 0 Å². The normalized spacial score (nSPS) is 17.4. The molecule has 0 saturated heterocycles. The number of aromatic amines is 1. The molecule has 2 aromatic rings. The number of allylic oxidation sites excluding steroid dienone is 1. The van der Waals surface area contributed by atoms with Gasteiger partial charge in [-0.05, 0) is 12.1 Å². The standard InChI is InChI=1S/C15H16N6O2/c1-23-12-4-2-3-11(22)15(12)10-5-13(21-20-10)19-14-8-17-9(6-16)7-18-14/h2-7,17,22H,8,16H2,1H3,(H,20,21). The number of phenolic OH excluding ortho intramolecular Hbond substituents is 1. The number of rotatable bonds is 3. The van der Waals surface area contributed by atoms with E-state index in [4.69, 9.17) is 10.5 Å². The molecule has 2 heterocycles. The summed E-state index contributed by atoms with van der Waals surface area (Å²) in [6.45, 7) is 0.460. The molecule has 0 fully saturated rings. The first-order chi connectivity index (χ1) is 11.2. The molecule has 0 unspecified atom stereocenters. The van der Waals surface area contributed by atoms with Crippen molar-refractivity contribution >= 4 is 17.9 Å². The zero-order chi connectivity index (χ0) is 16.2. The summed E-state index contributed by atoms with van der Waals surface area (Å²) >= 11 is 0. The maximum Gasteiger partial charge on any atom is 0.176 e.